The summed E-state index contributed by atoms with van der Waals surface area (Å²) in [5.74, 6) is -0.181. The number of amides is 2. The predicted octanol–water partition coefficient (Wildman–Crippen LogP) is 2.77. The first-order chi connectivity index (χ1) is 11.0. The van der Waals surface area contributed by atoms with Crippen LogP contribution in [0.3, 0.4) is 0 Å². The molecule has 0 saturated carbocycles. The number of hydrogen-bond acceptors (Lipinski definition) is 4. The van der Waals surface area contributed by atoms with Crippen LogP contribution in [-0.4, -0.2) is 30.5 Å². The van der Waals surface area contributed by atoms with Gasteiger partial charge in [-0.1, -0.05) is 29.3 Å². The summed E-state index contributed by atoms with van der Waals surface area (Å²) >= 11 is 11.6. The van der Waals surface area contributed by atoms with Gasteiger partial charge in [0.15, 0.2) is 6.61 Å². The molecular formula is C15H13Cl2N3O3. The van der Waals surface area contributed by atoms with Gasteiger partial charge in [-0.25, -0.2) is 4.98 Å². The highest BCUT2D eigenvalue weighted by Gasteiger charge is 2.10. The van der Waals surface area contributed by atoms with Crippen LogP contribution < -0.4 is 15.4 Å². The molecule has 2 N–H and O–H groups in total. The van der Waals surface area contributed by atoms with E-state index in [4.69, 9.17) is 27.9 Å². The Labute approximate surface area is 142 Å². The highest BCUT2D eigenvalue weighted by Crippen LogP contribution is 2.21. The second kappa shape index (κ2) is 7.80. The summed E-state index contributed by atoms with van der Waals surface area (Å²) in [5.41, 5.74) is 0.784. The molecule has 0 bridgehead atoms. The number of hydrogen-bond donors (Lipinski definition) is 2. The molecular weight excluding hydrogens is 341 g/mol. The van der Waals surface area contributed by atoms with Gasteiger partial charge in [0.25, 0.3) is 11.8 Å². The molecule has 0 spiro atoms. The van der Waals surface area contributed by atoms with E-state index >= 15 is 0 Å². The Morgan fingerprint density at radius 1 is 1.26 bits per heavy atom. The van der Waals surface area contributed by atoms with Gasteiger partial charge in [-0.05, 0) is 18.2 Å². The van der Waals surface area contributed by atoms with Crippen molar-refractivity contribution in [2.24, 2.45) is 0 Å². The van der Waals surface area contributed by atoms with E-state index in [1.54, 1.807) is 24.3 Å². The minimum atomic E-state index is -0.389. The van der Waals surface area contributed by atoms with Gasteiger partial charge < -0.3 is 15.4 Å². The highest BCUT2D eigenvalue weighted by molar-refractivity contribution is 6.41. The predicted molar refractivity (Wildman–Crippen MR) is 88.2 cm³/mol. The summed E-state index contributed by atoms with van der Waals surface area (Å²) in [7, 11) is 1.52. The lowest BCUT2D eigenvalue weighted by molar-refractivity contribution is -0.122. The van der Waals surface area contributed by atoms with E-state index in [-0.39, 0.29) is 34.2 Å². The fourth-order valence-corrected chi connectivity index (χ4v) is 1.90. The van der Waals surface area contributed by atoms with E-state index < -0.39 is 0 Å². The Morgan fingerprint density at radius 2 is 2.04 bits per heavy atom. The fraction of sp³-hybridized carbons (Fsp3) is 0.133. The molecule has 0 fully saturated rings. The summed E-state index contributed by atoms with van der Waals surface area (Å²) in [6.45, 7) is -0.107. The zero-order valence-corrected chi connectivity index (χ0v) is 13.6. The average Bonchev–Trinajstić information content (AvgIpc) is 2.55. The van der Waals surface area contributed by atoms with Gasteiger partial charge in [-0.2, -0.15) is 0 Å². The summed E-state index contributed by atoms with van der Waals surface area (Å²) in [4.78, 5) is 27.1. The molecule has 0 unspecified atom stereocenters. The zero-order valence-electron chi connectivity index (χ0n) is 12.1. The van der Waals surface area contributed by atoms with E-state index in [0.717, 1.165) is 0 Å². The number of ether oxygens (including phenoxy) is 1. The second-order valence-corrected chi connectivity index (χ2v) is 5.21. The van der Waals surface area contributed by atoms with Crippen molar-refractivity contribution >= 4 is 40.7 Å². The van der Waals surface area contributed by atoms with Gasteiger partial charge >= 0.3 is 0 Å². The number of nitrogens with zero attached hydrogens (tertiary/aromatic N) is 1. The maximum absolute atomic E-state index is 12.1. The number of pyridine rings is 1. The Balaban J connectivity index is 2.06. The Morgan fingerprint density at radius 3 is 2.74 bits per heavy atom. The first-order valence-corrected chi connectivity index (χ1v) is 7.31. The Hall–Kier alpha value is -2.31. The van der Waals surface area contributed by atoms with Crippen LogP contribution in [0.2, 0.25) is 10.2 Å². The molecule has 0 radical (unpaired) electrons. The third-order valence-electron chi connectivity index (χ3n) is 2.80. The van der Waals surface area contributed by atoms with Gasteiger partial charge in [0, 0.05) is 25.0 Å². The molecule has 6 nitrogen and oxygen atoms in total. The number of carbonyl (C=O) groups is 2. The monoisotopic (exact) mass is 353 g/mol. The van der Waals surface area contributed by atoms with E-state index in [1.165, 1.54) is 19.3 Å². The lowest BCUT2D eigenvalue weighted by atomic mass is 10.2. The number of rotatable bonds is 5. The largest absolute Gasteiger partial charge is 0.484 e. The van der Waals surface area contributed by atoms with Crippen LogP contribution in [0.15, 0.2) is 36.5 Å². The molecule has 2 rings (SSSR count). The molecule has 0 atom stereocenters. The molecule has 0 saturated heterocycles. The fourth-order valence-electron chi connectivity index (χ4n) is 1.63. The molecule has 23 heavy (non-hydrogen) atoms. The quantitative estimate of drug-likeness (QED) is 0.810. The molecule has 0 aliphatic carbocycles. The Bertz CT molecular complexity index is 738. The summed E-state index contributed by atoms with van der Waals surface area (Å²) < 4.78 is 5.31. The van der Waals surface area contributed by atoms with Crippen molar-refractivity contribution in [3.8, 4) is 5.75 Å². The molecule has 2 amide bonds. The lowest BCUT2D eigenvalue weighted by Gasteiger charge is -2.09. The number of anilines is 1. The van der Waals surface area contributed by atoms with Crippen LogP contribution in [0.4, 0.5) is 5.69 Å². The number of benzene rings is 1. The maximum atomic E-state index is 12.1. The SMILES string of the molecule is CNC(=O)COc1cccc(NC(=O)c2cnc(Cl)c(Cl)c2)c1. The minimum absolute atomic E-state index is 0.107. The molecule has 0 aliphatic heterocycles. The van der Waals surface area contributed by atoms with Gasteiger partial charge in [0.05, 0.1) is 10.6 Å². The standard InChI is InChI=1S/C15H13Cl2N3O3/c1-18-13(21)8-23-11-4-2-3-10(6-11)20-15(22)9-5-12(16)14(17)19-7-9/h2-7H,8H2,1H3,(H,18,21)(H,20,22). The summed E-state index contributed by atoms with van der Waals surface area (Å²) in [6.07, 6.45) is 1.33. The molecule has 1 heterocycles. The number of likely N-dealkylation sites (N-methyl/N-ethyl adjacent to an activating group) is 1. The van der Waals surface area contributed by atoms with E-state index in [0.29, 0.717) is 11.4 Å². The van der Waals surface area contributed by atoms with Crippen molar-refractivity contribution in [1.29, 1.82) is 0 Å². The Kier molecular flexibility index (Phi) is 5.78. The van der Waals surface area contributed by atoms with Crippen molar-refractivity contribution in [3.63, 3.8) is 0 Å². The van der Waals surface area contributed by atoms with Gasteiger partial charge in [0.1, 0.15) is 10.9 Å². The molecule has 8 heteroatoms. The third kappa shape index (κ3) is 4.84. The van der Waals surface area contributed by atoms with E-state index in [2.05, 4.69) is 15.6 Å². The topological polar surface area (TPSA) is 80.3 Å². The van der Waals surface area contributed by atoms with Crippen LogP contribution in [0.25, 0.3) is 0 Å². The maximum Gasteiger partial charge on any atom is 0.257 e. The molecule has 1 aromatic carbocycles. The first kappa shape index (κ1) is 17.1. The zero-order chi connectivity index (χ0) is 16.8. The molecule has 2 aromatic rings. The van der Waals surface area contributed by atoms with Crippen molar-refractivity contribution in [1.82, 2.24) is 10.3 Å². The van der Waals surface area contributed by atoms with Gasteiger partial charge in [-0.3, -0.25) is 9.59 Å². The van der Waals surface area contributed by atoms with Gasteiger partial charge in [-0.15, -0.1) is 0 Å². The number of carbonyl (C=O) groups excluding carboxylic acids is 2. The number of halogens is 2. The highest BCUT2D eigenvalue weighted by atomic mass is 35.5. The van der Waals surface area contributed by atoms with E-state index in [9.17, 15) is 9.59 Å². The molecule has 0 aliphatic rings. The summed E-state index contributed by atoms with van der Waals surface area (Å²) in [5, 5.41) is 5.46. The van der Waals surface area contributed by atoms with Crippen LogP contribution in [-0.2, 0) is 4.79 Å². The smallest absolute Gasteiger partial charge is 0.257 e. The third-order valence-corrected chi connectivity index (χ3v) is 3.49. The van der Waals surface area contributed by atoms with Crippen molar-refractivity contribution in [2.75, 3.05) is 19.0 Å². The number of aromatic nitrogens is 1. The van der Waals surface area contributed by atoms with Crippen molar-refractivity contribution in [2.45, 2.75) is 0 Å². The van der Waals surface area contributed by atoms with Crippen LogP contribution >= 0.6 is 23.2 Å². The number of nitrogens with one attached hydrogen (secondary N) is 2. The molecule has 120 valence electrons. The van der Waals surface area contributed by atoms with Crippen molar-refractivity contribution < 1.29 is 14.3 Å². The lowest BCUT2D eigenvalue weighted by Crippen LogP contribution is -2.24. The average molecular weight is 354 g/mol. The molecule has 1 aromatic heterocycles. The van der Waals surface area contributed by atoms with Gasteiger partial charge in [0.2, 0.25) is 0 Å². The second-order valence-electron chi connectivity index (χ2n) is 4.44. The minimum Gasteiger partial charge on any atom is -0.484 e. The first-order valence-electron chi connectivity index (χ1n) is 6.55. The van der Waals surface area contributed by atoms with Crippen LogP contribution in [0.5, 0.6) is 5.75 Å². The normalized spacial score (nSPS) is 10.0. The van der Waals surface area contributed by atoms with Crippen molar-refractivity contribution in [3.05, 3.63) is 52.3 Å². The summed E-state index contributed by atoms with van der Waals surface area (Å²) in [6, 6.07) is 8.10. The van der Waals surface area contributed by atoms with E-state index in [1.807, 2.05) is 0 Å². The van der Waals surface area contributed by atoms with Crippen LogP contribution in [0, 0.1) is 0 Å². The van der Waals surface area contributed by atoms with Crippen LogP contribution in [0.1, 0.15) is 10.4 Å².